The summed E-state index contributed by atoms with van der Waals surface area (Å²) >= 11 is 0. The van der Waals surface area contributed by atoms with Crippen LogP contribution < -0.4 is 4.90 Å². The summed E-state index contributed by atoms with van der Waals surface area (Å²) in [5, 5.41) is 9.15. The highest BCUT2D eigenvalue weighted by Crippen LogP contribution is 2.44. The lowest BCUT2D eigenvalue weighted by Crippen LogP contribution is -2.37. The van der Waals surface area contributed by atoms with Gasteiger partial charge >= 0.3 is 12.1 Å². The SMILES string of the molecule is O=C(O)CN(C(=O)OCC1c2ccccc2-c2ccccc21)c1ccccc1F. The Balaban J connectivity index is 1.58. The third-order valence-electron chi connectivity index (χ3n) is 4.99. The smallest absolute Gasteiger partial charge is 0.414 e. The number of hydrogen-bond donors (Lipinski definition) is 1. The van der Waals surface area contributed by atoms with E-state index < -0.39 is 24.4 Å². The zero-order valence-electron chi connectivity index (χ0n) is 15.4. The summed E-state index contributed by atoms with van der Waals surface area (Å²) < 4.78 is 19.6. The molecular formula is C23H18FNO4. The number of nitrogens with zero attached hydrogens (tertiary/aromatic N) is 1. The van der Waals surface area contributed by atoms with Crippen molar-refractivity contribution in [3.63, 3.8) is 0 Å². The minimum Gasteiger partial charge on any atom is -0.480 e. The first kappa shape index (κ1) is 18.7. The molecule has 1 N–H and O–H groups in total. The first-order chi connectivity index (χ1) is 14.1. The average Bonchev–Trinajstić information content (AvgIpc) is 3.05. The zero-order chi connectivity index (χ0) is 20.4. The molecule has 5 nitrogen and oxygen atoms in total. The van der Waals surface area contributed by atoms with Crippen LogP contribution in [-0.2, 0) is 9.53 Å². The number of hydrogen-bond acceptors (Lipinski definition) is 3. The fraction of sp³-hybridized carbons (Fsp3) is 0.130. The lowest BCUT2D eigenvalue weighted by molar-refractivity contribution is -0.135. The fourth-order valence-electron chi connectivity index (χ4n) is 3.73. The summed E-state index contributed by atoms with van der Waals surface area (Å²) in [6.07, 6.45) is -0.903. The second-order valence-electron chi connectivity index (χ2n) is 6.74. The van der Waals surface area contributed by atoms with Gasteiger partial charge in [0.05, 0.1) is 5.69 Å². The molecule has 6 heteroatoms. The van der Waals surface area contributed by atoms with Crippen molar-refractivity contribution in [2.24, 2.45) is 0 Å². The maximum absolute atomic E-state index is 14.1. The fourth-order valence-corrected chi connectivity index (χ4v) is 3.73. The highest BCUT2D eigenvalue weighted by atomic mass is 19.1. The van der Waals surface area contributed by atoms with E-state index in [0.29, 0.717) is 0 Å². The Hall–Kier alpha value is -3.67. The molecule has 0 bridgehead atoms. The van der Waals surface area contributed by atoms with E-state index in [9.17, 15) is 14.0 Å². The van der Waals surface area contributed by atoms with Crippen LogP contribution in [0.3, 0.4) is 0 Å². The largest absolute Gasteiger partial charge is 0.480 e. The molecule has 29 heavy (non-hydrogen) atoms. The number of carboxylic acids is 1. The van der Waals surface area contributed by atoms with Gasteiger partial charge < -0.3 is 9.84 Å². The molecular weight excluding hydrogens is 373 g/mol. The highest BCUT2D eigenvalue weighted by Gasteiger charge is 2.30. The van der Waals surface area contributed by atoms with E-state index in [1.165, 1.54) is 24.3 Å². The monoisotopic (exact) mass is 391 g/mol. The summed E-state index contributed by atoms with van der Waals surface area (Å²) in [7, 11) is 0. The van der Waals surface area contributed by atoms with E-state index in [2.05, 4.69) is 0 Å². The maximum atomic E-state index is 14.1. The van der Waals surface area contributed by atoms with Crippen molar-refractivity contribution >= 4 is 17.7 Å². The van der Waals surface area contributed by atoms with Crippen LogP contribution in [0.2, 0.25) is 0 Å². The molecule has 0 saturated carbocycles. The van der Waals surface area contributed by atoms with Crippen LogP contribution >= 0.6 is 0 Å². The summed E-state index contributed by atoms with van der Waals surface area (Å²) in [6, 6.07) is 21.3. The highest BCUT2D eigenvalue weighted by molar-refractivity contribution is 5.93. The molecule has 1 amide bonds. The van der Waals surface area contributed by atoms with Gasteiger partial charge in [0.2, 0.25) is 0 Å². The Morgan fingerprint density at radius 3 is 2.03 bits per heavy atom. The Bertz CT molecular complexity index is 1040. The van der Waals surface area contributed by atoms with Crippen LogP contribution in [0.25, 0.3) is 11.1 Å². The number of aliphatic carboxylic acids is 1. The third-order valence-corrected chi connectivity index (χ3v) is 4.99. The van der Waals surface area contributed by atoms with Gasteiger partial charge in [0.1, 0.15) is 19.0 Å². The van der Waals surface area contributed by atoms with E-state index >= 15 is 0 Å². The molecule has 0 radical (unpaired) electrons. The molecule has 1 aliphatic rings. The molecule has 1 aliphatic carbocycles. The van der Waals surface area contributed by atoms with E-state index in [-0.39, 0.29) is 18.2 Å². The quantitative estimate of drug-likeness (QED) is 0.687. The number of anilines is 1. The topological polar surface area (TPSA) is 66.8 Å². The predicted octanol–water partition coefficient (Wildman–Crippen LogP) is 4.67. The predicted molar refractivity (Wildman–Crippen MR) is 106 cm³/mol. The molecule has 0 aliphatic heterocycles. The number of halogens is 1. The van der Waals surface area contributed by atoms with Crippen molar-refractivity contribution in [1.29, 1.82) is 0 Å². The van der Waals surface area contributed by atoms with Crippen LogP contribution in [0.15, 0.2) is 72.8 Å². The van der Waals surface area contributed by atoms with Crippen LogP contribution in [0.1, 0.15) is 17.0 Å². The number of carbonyl (C=O) groups excluding carboxylic acids is 1. The van der Waals surface area contributed by atoms with Gasteiger partial charge in [-0.2, -0.15) is 0 Å². The number of benzene rings is 3. The molecule has 3 aromatic rings. The number of fused-ring (bicyclic) bond motifs is 3. The first-order valence-electron chi connectivity index (χ1n) is 9.15. The molecule has 0 unspecified atom stereocenters. The van der Waals surface area contributed by atoms with E-state index in [1.807, 2.05) is 48.5 Å². The lowest BCUT2D eigenvalue weighted by atomic mass is 9.98. The van der Waals surface area contributed by atoms with Crippen molar-refractivity contribution in [3.05, 3.63) is 89.7 Å². The molecule has 0 fully saturated rings. The Labute approximate surface area is 167 Å². The Morgan fingerprint density at radius 2 is 1.45 bits per heavy atom. The van der Waals surface area contributed by atoms with Crippen LogP contribution in [0.5, 0.6) is 0 Å². The van der Waals surface area contributed by atoms with Crippen LogP contribution in [0.4, 0.5) is 14.9 Å². The van der Waals surface area contributed by atoms with Gasteiger partial charge in [-0.05, 0) is 34.4 Å². The molecule has 0 spiro atoms. The number of amides is 1. The normalized spacial score (nSPS) is 12.2. The van der Waals surface area contributed by atoms with Crippen LogP contribution in [-0.4, -0.2) is 30.3 Å². The summed E-state index contributed by atoms with van der Waals surface area (Å²) in [4.78, 5) is 24.7. The van der Waals surface area contributed by atoms with Gasteiger partial charge in [0.15, 0.2) is 0 Å². The Morgan fingerprint density at radius 1 is 0.897 bits per heavy atom. The maximum Gasteiger partial charge on any atom is 0.414 e. The molecule has 0 heterocycles. The third kappa shape index (κ3) is 3.57. The van der Waals surface area contributed by atoms with E-state index in [4.69, 9.17) is 9.84 Å². The number of carbonyl (C=O) groups is 2. The number of para-hydroxylation sites is 1. The van der Waals surface area contributed by atoms with Gasteiger partial charge in [-0.1, -0.05) is 60.7 Å². The minimum atomic E-state index is -1.26. The summed E-state index contributed by atoms with van der Waals surface area (Å²) in [6.45, 7) is -0.672. The minimum absolute atomic E-state index is 0.0252. The van der Waals surface area contributed by atoms with E-state index in [0.717, 1.165) is 27.2 Å². The van der Waals surface area contributed by atoms with Crippen molar-refractivity contribution in [2.75, 3.05) is 18.1 Å². The van der Waals surface area contributed by atoms with Crippen molar-refractivity contribution in [3.8, 4) is 11.1 Å². The van der Waals surface area contributed by atoms with Gasteiger partial charge in [-0.3, -0.25) is 9.69 Å². The molecule has 0 aromatic heterocycles. The zero-order valence-corrected chi connectivity index (χ0v) is 15.4. The Kier molecular flexibility index (Phi) is 4.99. The molecule has 0 saturated heterocycles. The number of carboxylic acid groups (broad SMARTS) is 1. The van der Waals surface area contributed by atoms with Crippen molar-refractivity contribution in [1.82, 2.24) is 0 Å². The average molecular weight is 391 g/mol. The molecule has 3 aromatic carbocycles. The van der Waals surface area contributed by atoms with Gasteiger partial charge in [-0.15, -0.1) is 0 Å². The second-order valence-corrected chi connectivity index (χ2v) is 6.74. The standard InChI is InChI=1S/C23H18FNO4/c24-20-11-5-6-12-21(20)25(13-22(26)27)23(28)29-14-19-17-9-3-1-7-15(17)16-8-2-4-10-18(16)19/h1-12,19H,13-14H2,(H,26,27). The van der Waals surface area contributed by atoms with Crippen LogP contribution in [0, 0.1) is 5.82 Å². The summed E-state index contributed by atoms with van der Waals surface area (Å²) in [5.74, 6) is -2.12. The first-order valence-corrected chi connectivity index (χ1v) is 9.15. The van der Waals surface area contributed by atoms with Crippen molar-refractivity contribution in [2.45, 2.75) is 5.92 Å². The number of rotatable bonds is 5. The molecule has 146 valence electrons. The molecule has 4 rings (SSSR count). The van der Waals surface area contributed by atoms with E-state index in [1.54, 1.807) is 0 Å². The van der Waals surface area contributed by atoms with Gasteiger partial charge in [-0.25, -0.2) is 9.18 Å². The van der Waals surface area contributed by atoms with Gasteiger partial charge in [0.25, 0.3) is 0 Å². The van der Waals surface area contributed by atoms with Crippen molar-refractivity contribution < 1.29 is 23.8 Å². The molecule has 0 atom stereocenters. The lowest BCUT2D eigenvalue weighted by Gasteiger charge is -2.22. The van der Waals surface area contributed by atoms with Gasteiger partial charge in [0, 0.05) is 5.92 Å². The summed E-state index contributed by atoms with van der Waals surface area (Å²) in [5.41, 5.74) is 4.11. The number of ether oxygens (including phenoxy) is 1. The second kappa shape index (κ2) is 7.75.